The van der Waals surface area contributed by atoms with Crippen LogP contribution in [0.15, 0.2) is 5.16 Å². The predicted octanol–water partition coefficient (Wildman–Crippen LogP) is -0.160. The van der Waals surface area contributed by atoms with Gasteiger partial charge in [0.1, 0.15) is 5.41 Å². The second kappa shape index (κ2) is 5.90. The SMILES string of the molecule is CCC(C)(C(=O)N1CCN(C(C)=O)CC1)C(N)=NO. The van der Waals surface area contributed by atoms with E-state index < -0.39 is 5.41 Å². The molecule has 0 bridgehead atoms. The van der Waals surface area contributed by atoms with Crippen LogP contribution in [0.5, 0.6) is 0 Å². The number of piperazine rings is 1. The Hall–Kier alpha value is -1.79. The summed E-state index contributed by atoms with van der Waals surface area (Å²) in [5, 5.41) is 11.8. The summed E-state index contributed by atoms with van der Waals surface area (Å²) in [5.74, 6) is -0.218. The van der Waals surface area contributed by atoms with E-state index in [1.165, 1.54) is 6.92 Å². The van der Waals surface area contributed by atoms with E-state index in [2.05, 4.69) is 5.16 Å². The van der Waals surface area contributed by atoms with Gasteiger partial charge < -0.3 is 20.7 Å². The molecule has 7 nitrogen and oxygen atoms in total. The third-order valence-electron chi connectivity index (χ3n) is 3.86. The molecule has 0 saturated carbocycles. The van der Waals surface area contributed by atoms with E-state index in [4.69, 9.17) is 10.9 Å². The highest BCUT2D eigenvalue weighted by Crippen LogP contribution is 2.25. The lowest BCUT2D eigenvalue weighted by Gasteiger charge is -2.38. The van der Waals surface area contributed by atoms with Gasteiger partial charge >= 0.3 is 0 Å². The number of hydrogen-bond donors (Lipinski definition) is 2. The molecule has 0 aliphatic carbocycles. The zero-order chi connectivity index (χ0) is 14.6. The molecule has 1 aliphatic rings. The minimum absolute atomic E-state index is 0.0155. The molecule has 19 heavy (non-hydrogen) atoms. The van der Waals surface area contributed by atoms with Crippen molar-refractivity contribution in [3.63, 3.8) is 0 Å². The van der Waals surface area contributed by atoms with Crippen LogP contribution in [0.1, 0.15) is 27.2 Å². The van der Waals surface area contributed by atoms with E-state index in [-0.39, 0.29) is 17.6 Å². The highest BCUT2D eigenvalue weighted by Gasteiger charge is 2.40. The minimum Gasteiger partial charge on any atom is -0.409 e. The maximum Gasteiger partial charge on any atom is 0.236 e. The average Bonchev–Trinajstić information content (AvgIpc) is 2.44. The first-order valence-corrected chi connectivity index (χ1v) is 6.39. The number of oxime groups is 1. The van der Waals surface area contributed by atoms with Crippen LogP contribution in [0.25, 0.3) is 0 Å². The third-order valence-corrected chi connectivity index (χ3v) is 3.86. The number of rotatable bonds is 3. The normalized spacial score (nSPS) is 20.1. The number of amidine groups is 1. The maximum atomic E-state index is 12.5. The number of nitrogens with zero attached hydrogens (tertiary/aromatic N) is 3. The van der Waals surface area contributed by atoms with Crippen LogP contribution in [0, 0.1) is 5.41 Å². The van der Waals surface area contributed by atoms with Crippen molar-refractivity contribution in [3.05, 3.63) is 0 Å². The van der Waals surface area contributed by atoms with Gasteiger partial charge in [0.05, 0.1) is 0 Å². The summed E-state index contributed by atoms with van der Waals surface area (Å²) in [6.07, 6.45) is 0.453. The number of carbonyl (C=O) groups excluding carboxylic acids is 2. The molecule has 1 heterocycles. The fourth-order valence-corrected chi connectivity index (χ4v) is 2.13. The monoisotopic (exact) mass is 270 g/mol. The van der Waals surface area contributed by atoms with Crippen molar-refractivity contribution in [2.24, 2.45) is 16.3 Å². The second-order valence-electron chi connectivity index (χ2n) is 4.97. The molecule has 1 fully saturated rings. The van der Waals surface area contributed by atoms with E-state index >= 15 is 0 Å². The van der Waals surface area contributed by atoms with Crippen LogP contribution in [0.4, 0.5) is 0 Å². The minimum atomic E-state index is -0.993. The zero-order valence-electron chi connectivity index (χ0n) is 11.7. The highest BCUT2D eigenvalue weighted by atomic mass is 16.4. The van der Waals surface area contributed by atoms with Crippen molar-refractivity contribution in [2.45, 2.75) is 27.2 Å². The van der Waals surface area contributed by atoms with Crippen LogP contribution in [0.3, 0.4) is 0 Å². The van der Waals surface area contributed by atoms with Crippen LogP contribution < -0.4 is 5.73 Å². The molecule has 1 saturated heterocycles. The summed E-state index contributed by atoms with van der Waals surface area (Å²) >= 11 is 0. The van der Waals surface area contributed by atoms with E-state index in [1.54, 1.807) is 16.7 Å². The van der Waals surface area contributed by atoms with Gasteiger partial charge in [0, 0.05) is 33.1 Å². The summed E-state index contributed by atoms with van der Waals surface area (Å²) < 4.78 is 0. The maximum absolute atomic E-state index is 12.5. The van der Waals surface area contributed by atoms with Crippen molar-refractivity contribution in [2.75, 3.05) is 26.2 Å². The van der Waals surface area contributed by atoms with Gasteiger partial charge in [-0.05, 0) is 13.3 Å². The molecule has 1 rings (SSSR count). The lowest BCUT2D eigenvalue weighted by molar-refractivity contribution is -0.143. The van der Waals surface area contributed by atoms with Crippen LogP contribution in [-0.2, 0) is 9.59 Å². The summed E-state index contributed by atoms with van der Waals surface area (Å²) in [4.78, 5) is 27.1. The smallest absolute Gasteiger partial charge is 0.236 e. The Morgan fingerprint density at radius 1 is 1.26 bits per heavy atom. The summed E-state index contributed by atoms with van der Waals surface area (Å²) in [6.45, 7) is 7.01. The summed E-state index contributed by atoms with van der Waals surface area (Å²) in [7, 11) is 0. The van der Waals surface area contributed by atoms with Crippen LogP contribution >= 0.6 is 0 Å². The first-order chi connectivity index (χ1) is 8.86. The largest absolute Gasteiger partial charge is 0.409 e. The van der Waals surface area contributed by atoms with Crippen molar-refractivity contribution in [1.82, 2.24) is 9.80 Å². The van der Waals surface area contributed by atoms with Gasteiger partial charge in [-0.1, -0.05) is 12.1 Å². The lowest BCUT2D eigenvalue weighted by atomic mass is 9.84. The summed E-state index contributed by atoms with van der Waals surface area (Å²) in [6, 6.07) is 0. The topological polar surface area (TPSA) is 99.2 Å². The second-order valence-corrected chi connectivity index (χ2v) is 4.97. The molecule has 0 radical (unpaired) electrons. The summed E-state index contributed by atoms with van der Waals surface area (Å²) in [5.41, 5.74) is 4.64. The van der Waals surface area contributed by atoms with Crippen molar-refractivity contribution in [1.29, 1.82) is 0 Å². The molecule has 0 aromatic heterocycles. The molecule has 7 heteroatoms. The fraction of sp³-hybridized carbons (Fsp3) is 0.750. The van der Waals surface area contributed by atoms with Gasteiger partial charge in [0.15, 0.2) is 5.84 Å². The van der Waals surface area contributed by atoms with E-state index in [9.17, 15) is 9.59 Å². The zero-order valence-corrected chi connectivity index (χ0v) is 11.7. The first kappa shape index (κ1) is 15.3. The Morgan fingerprint density at radius 2 is 1.74 bits per heavy atom. The number of nitrogens with two attached hydrogens (primary N) is 1. The van der Waals surface area contributed by atoms with E-state index in [0.717, 1.165) is 0 Å². The van der Waals surface area contributed by atoms with E-state index in [0.29, 0.717) is 32.6 Å². The molecule has 0 aromatic rings. The van der Waals surface area contributed by atoms with E-state index in [1.807, 2.05) is 6.92 Å². The number of carbonyl (C=O) groups is 2. The standard InChI is InChI=1S/C12H22N4O3/c1-4-12(3,10(13)14-19)11(18)16-7-5-15(6-8-16)9(2)17/h19H,4-8H2,1-3H3,(H2,13,14). The Labute approximate surface area is 113 Å². The molecule has 1 aliphatic heterocycles. The Bertz CT molecular complexity index is 388. The molecule has 1 atom stereocenters. The Morgan fingerprint density at radius 3 is 2.11 bits per heavy atom. The van der Waals surface area contributed by atoms with Gasteiger partial charge in [-0.15, -0.1) is 0 Å². The van der Waals surface area contributed by atoms with Crippen LogP contribution in [0.2, 0.25) is 0 Å². The molecule has 1 unspecified atom stereocenters. The fourth-order valence-electron chi connectivity index (χ4n) is 2.13. The predicted molar refractivity (Wildman–Crippen MR) is 70.6 cm³/mol. The average molecular weight is 270 g/mol. The Balaban J connectivity index is 2.76. The van der Waals surface area contributed by atoms with Gasteiger partial charge in [-0.25, -0.2) is 0 Å². The molecule has 0 aromatic carbocycles. The van der Waals surface area contributed by atoms with Gasteiger partial charge in [0.25, 0.3) is 0 Å². The quantitative estimate of drug-likeness (QED) is 0.322. The molecule has 2 amide bonds. The Kier molecular flexibility index (Phi) is 4.74. The van der Waals surface area contributed by atoms with Gasteiger partial charge in [-0.2, -0.15) is 0 Å². The lowest BCUT2D eigenvalue weighted by Crippen LogP contribution is -2.56. The first-order valence-electron chi connectivity index (χ1n) is 6.39. The highest BCUT2D eigenvalue weighted by molar-refractivity contribution is 6.06. The van der Waals surface area contributed by atoms with Gasteiger partial charge in [0.2, 0.25) is 11.8 Å². The van der Waals surface area contributed by atoms with Gasteiger partial charge in [-0.3, -0.25) is 9.59 Å². The molecule has 0 spiro atoms. The van der Waals surface area contributed by atoms with Crippen molar-refractivity contribution >= 4 is 17.6 Å². The number of amides is 2. The molecule has 108 valence electrons. The van der Waals surface area contributed by atoms with Crippen molar-refractivity contribution in [3.8, 4) is 0 Å². The molecule has 3 N–H and O–H groups in total. The number of hydrogen-bond acceptors (Lipinski definition) is 4. The molecular formula is C12H22N4O3. The molecular weight excluding hydrogens is 248 g/mol. The van der Waals surface area contributed by atoms with Crippen LogP contribution in [-0.4, -0.2) is 58.8 Å². The third kappa shape index (κ3) is 2.97. The van der Waals surface area contributed by atoms with Crippen molar-refractivity contribution < 1.29 is 14.8 Å².